The van der Waals surface area contributed by atoms with E-state index in [1.165, 1.54) is 13.2 Å². The molecule has 0 atom stereocenters. The molecule has 110 valence electrons. The molecule has 0 aromatic heterocycles. The summed E-state index contributed by atoms with van der Waals surface area (Å²) >= 11 is 0. The highest BCUT2D eigenvalue weighted by atomic mass is 16.5. The van der Waals surface area contributed by atoms with Crippen molar-refractivity contribution in [1.82, 2.24) is 0 Å². The Morgan fingerprint density at radius 1 is 1.05 bits per heavy atom. The van der Waals surface area contributed by atoms with E-state index in [0.29, 0.717) is 11.5 Å². The van der Waals surface area contributed by atoms with Gasteiger partial charge in [0, 0.05) is 5.56 Å². The van der Waals surface area contributed by atoms with E-state index in [4.69, 9.17) is 9.47 Å². The quantitative estimate of drug-likeness (QED) is 0.931. The average molecular weight is 286 g/mol. The Bertz CT molecular complexity index is 669. The van der Waals surface area contributed by atoms with Crippen molar-refractivity contribution >= 4 is 5.97 Å². The molecule has 0 heterocycles. The molecule has 0 spiro atoms. The third-order valence-electron chi connectivity index (χ3n) is 3.48. The van der Waals surface area contributed by atoms with Gasteiger partial charge in [-0.25, -0.2) is 4.79 Å². The highest BCUT2D eigenvalue weighted by Crippen LogP contribution is 2.41. The maximum absolute atomic E-state index is 11.3. The molecule has 2 aromatic carbocycles. The van der Waals surface area contributed by atoms with Gasteiger partial charge in [-0.3, -0.25) is 0 Å². The molecule has 0 aliphatic rings. The Morgan fingerprint density at radius 3 is 2.14 bits per heavy atom. The molecule has 0 aliphatic carbocycles. The fourth-order valence-electron chi connectivity index (χ4n) is 2.51. The molecule has 0 aliphatic heterocycles. The van der Waals surface area contributed by atoms with E-state index in [0.717, 1.165) is 22.3 Å². The highest BCUT2D eigenvalue weighted by Gasteiger charge is 2.19. The number of methoxy groups -OCH3 is 2. The van der Waals surface area contributed by atoms with E-state index in [1.54, 1.807) is 13.2 Å². The van der Waals surface area contributed by atoms with Crippen molar-refractivity contribution in [3.63, 3.8) is 0 Å². The van der Waals surface area contributed by atoms with Gasteiger partial charge >= 0.3 is 5.97 Å². The Hall–Kier alpha value is -2.49. The molecule has 1 N–H and O–H groups in total. The van der Waals surface area contributed by atoms with Crippen LogP contribution in [0.2, 0.25) is 0 Å². The van der Waals surface area contributed by atoms with Gasteiger partial charge in [0.2, 0.25) is 0 Å². The second-order valence-electron chi connectivity index (χ2n) is 4.83. The molecule has 21 heavy (non-hydrogen) atoms. The summed E-state index contributed by atoms with van der Waals surface area (Å²) in [5.41, 5.74) is 3.97. The summed E-state index contributed by atoms with van der Waals surface area (Å²) in [6.07, 6.45) is 0. The van der Waals surface area contributed by atoms with Gasteiger partial charge in [0.1, 0.15) is 0 Å². The van der Waals surface area contributed by atoms with Gasteiger partial charge in [-0.1, -0.05) is 18.2 Å². The van der Waals surface area contributed by atoms with Crippen LogP contribution in [-0.4, -0.2) is 25.3 Å². The van der Waals surface area contributed by atoms with Crippen LogP contribution in [0.3, 0.4) is 0 Å². The minimum atomic E-state index is -0.997. The lowest BCUT2D eigenvalue weighted by molar-refractivity contribution is 0.0696. The van der Waals surface area contributed by atoms with Crippen molar-refractivity contribution in [2.45, 2.75) is 13.8 Å². The first kappa shape index (κ1) is 14.9. The van der Waals surface area contributed by atoms with Crippen molar-refractivity contribution in [3.8, 4) is 22.6 Å². The van der Waals surface area contributed by atoms with Crippen LogP contribution >= 0.6 is 0 Å². The Balaban J connectivity index is 2.83. The van der Waals surface area contributed by atoms with Gasteiger partial charge in [0.05, 0.1) is 19.8 Å². The number of benzene rings is 2. The number of carboxylic acid groups (broad SMARTS) is 1. The Labute approximate surface area is 123 Å². The highest BCUT2D eigenvalue weighted by molar-refractivity contribution is 5.92. The summed E-state index contributed by atoms with van der Waals surface area (Å²) in [5, 5.41) is 9.28. The molecule has 0 radical (unpaired) electrons. The molecule has 2 rings (SSSR count). The number of hydrogen-bond acceptors (Lipinski definition) is 3. The van der Waals surface area contributed by atoms with Gasteiger partial charge in [0.25, 0.3) is 0 Å². The second-order valence-corrected chi connectivity index (χ2v) is 4.83. The molecule has 0 saturated carbocycles. The van der Waals surface area contributed by atoms with Crippen LogP contribution < -0.4 is 9.47 Å². The fourth-order valence-corrected chi connectivity index (χ4v) is 2.51. The number of ether oxygens (including phenoxy) is 2. The van der Waals surface area contributed by atoms with Gasteiger partial charge in [-0.2, -0.15) is 0 Å². The summed E-state index contributed by atoms with van der Waals surface area (Å²) in [6.45, 7) is 3.98. The number of aromatic carboxylic acids is 1. The summed E-state index contributed by atoms with van der Waals surface area (Å²) in [4.78, 5) is 11.3. The van der Waals surface area contributed by atoms with E-state index in [-0.39, 0.29) is 5.56 Å². The lowest BCUT2D eigenvalue weighted by Crippen LogP contribution is -2.02. The summed E-state index contributed by atoms with van der Waals surface area (Å²) in [7, 11) is 3.05. The minimum Gasteiger partial charge on any atom is -0.493 e. The normalized spacial score (nSPS) is 10.3. The predicted molar refractivity (Wildman–Crippen MR) is 81.4 cm³/mol. The zero-order valence-electron chi connectivity index (χ0n) is 12.6. The first-order chi connectivity index (χ1) is 9.99. The Kier molecular flexibility index (Phi) is 4.17. The lowest BCUT2D eigenvalue weighted by atomic mass is 9.93. The average Bonchev–Trinajstić information content (AvgIpc) is 2.45. The molecule has 0 bridgehead atoms. The molecule has 4 nitrogen and oxygen atoms in total. The van der Waals surface area contributed by atoms with Crippen LogP contribution in [0, 0.1) is 13.8 Å². The molecular formula is C17H18O4. The van der Waals surface area contributed by atoms with Crippen molar-refractivity contribution in [2.24, 2.45) is 0 Å². The van der Waals surface area contributed by atoms with Gasteiger partial charge < -0.3 is 14.6 Å². The molecular weight excluding hydrogens is 268 g/mol. The van der Waals surface area contributed by atoms with E-state index in [2.05, 4.69) is 0 Å². The zero-order valence-corrected chi connectivity index (χ0v) is 12.6. The standard InChI is InChI=1S/C17H18O4/c1-10-6-5-7-11(2)15(10)13-8-12(17(18)19)9-14(20-3)16(13)21-4/h5-9H,1-4H3,(H,18,19). The lowest BCUT2D eigenvalue weighted by Gasteiger charge is -2.17. The summed E-state index contributed by atoms with van der Waals surface area (Å²) in [6, 6.07) is 9.04. The maximum Gasteiger partial charge on any atom is 0.335 e. The second kappa shape index (κ2) is 5.87. The number of rotatable bonds is 4. The van der Waals surface area contributed by atoms with E-state index < -0.39 is 5.97 Å². The molecule has 0 fully saturated rings. The first-order valence-electron chi connectivity index (χ1n) is 6.55. The van der Waals surface area contributed by atoms with E-state index in [9.17, 15) is 9.90 Å². The smallest absolute Gasteiger partial charge is 0.335 e. The molecule has 0 saturated heterocycles. The molecule has 0 unspecified atom stereocenters. The molecule has 2 aromatic rings. The van der Waals surface area contributed by atoms with Crippen LogP contribution in [0.4, 0.5) is 0 Å². The predicted octanol–water partition coefficient (Wildman–Crippen LogP) is 3.69. The largest absolute Gasteiger partial charge is 0.493 e. The van der Waals surface area contributed by atoms with Crippen molar-refractivity contribution in [3.05, 3.63) is 47.0 Å². The van der Waals surface area contributed by atoms with Gasteiger partial charge in [-0.15, -0.1) is 0 Å². The Morgan fingerprint density at radius 2 is 1.67 bits per heavy atom. The fraction of sp³-hybridized carbons (Fsp3) is 0.235. The third-order valence-corrected chi connectivity index (χ3v) is 3.48. The SMILES string of the molecule is COc1cc(C(=O)O)cc(-c2c(C)cccc2C)c1OC. The third kappa shape index (κ3) is 2.70. The summed E-state index contributed by atoms with van der Waals surface area (Å²) in [5.74, 6) is -0.0432. The topological polar surface area (TPSA) is 55.8 Å². The minimum absolute atomic E-state index is 0.172. The first-order valence-corrected chi connectivity index (χ1v) is 6.55. The van der Waals surface area contributed by atoms with Crippen molar-refractivity contribution in [1.29, 1.82) is 0 Å². The van der Waals surface area contributed by atoms with Crippen LogP contribution in [0.1, 0.15) is 21.5 Å². The van der Waals surface area contributed by atoms with Crippen LogP contribution in [0.15, 0.2) is 30.3 Å². The maximum atomic E-state index is 11.3. The van der Waals surface area contributed by atoms with Gasteiger partial charge in [-0.05, 0) is 42.7 Å². The van der Waals surface area contributed by atoms with Crippen molar-refractivity contribution < 1.29 is 19.4 Å². The number of carbonyl (C=O) groups is 1. The summed E-state index contributed by atoms with van der Waals surface area (Å²) < 4.78 is 10.7. The zero-order chi connectivity index (χ0) is 15.6. The molecule has 0 amide bonds. The van der Waals surface area contributed by atoms with Crippen LogP contribution in [0.25, 0.3) is 11.1 Å². The number of hydrogen-bond donors (Lipinski definition) is 1. The monoisotopic (exact) mass is 286 g/mol. The van der Waals surface area contributed by atoms with E-state index in [1.807, 2.05) is 32.0 Å². The molecule has 4 heteroatoms. The number of carboxylic acids is 1. The van der Waals surface area contributed by atoms with Crippen molar-refractivity contribution in [2.75, 3.05) is 14.2 Å². The van der Waals surface area contributed by atoms with E-state index >= 15 is 0 Å². The van der Waals surface area contributed by atoms with Gasteiger partial charge in [0.15, 0.2) is 11.5 Å². The van der Waals surface area contributed by atoms with Crippen LogP contribution in [0.5, 0.6) is 11.5 Å². The number of aryl methyl sites for hydroxylation is 2. The van der Waals surface area contributed by atoms with Crippen LogP contribution in [-0.2, 0) is 0 Å².